The number of amides is 1. The van der Waals surface area contributed by atoms with E-state index in [1.807, 2.05) is 0 Å². The summed E-state index contributed by atoms with van der Waals surface area (Å²) >= 11 is 12.4. The molecule has 0 heterocycles. The number of nitrogens with one attached hydrogen (secondary N) is 1. The molecule has 0 bridgehead atoms. The molecule has 0 saturated carbocycles. The summed E-state index contributed by atoms with van der Waals surface area (Å²) in [7, 11) is 0. The van der Waals surface area contributed by atoms with E-state index in [2.05, 4.69) is 43.2 Å². The van der Waals surface area contributed by atoms with Gasteiger partial charge in [-0.05, 0) is 25.0 Å². The second kappa shape index (κ2) is 13.6. The molecule has 0 aliphatic carbocycles. The van der Waals surface area contributed by atoms with E-state index in [0.29, 0.717) is 11.7 Å². The SMILES string of the molecule is O=C(CCCCC(S)CCS)N[C@@H](CS)C(=O)O.[Zn+2]. The minimum Gasteiger partial charge on any atom is -0.480 e. The zero-order valence-corrected chi connectivity index (χ0v) is 16.6. The molecule has 0 aromatic carbocycles. The first-order chi connectivity index (χ1) is 8.51. The van der Waals surface area contributed by atoms with Gasteiger partial charge in [-0.3, -0.25) is 4.79 Å². The predicted octanol–water partition coefficient (Wildman–Crippen LogP) is 1.66. The Hall–Kier alpha value is 0.613. The van der Waals surface area contributed by atoms with Crippen molar-refractivity contribution >= 4 is 49.8 Å². The number of carboxylic acid groups (broad SMARTS) is 1. The van der Waals surface area contributed by atoms with Crippen molar-refractivity contribution in [3.05, 3.63) is 0 Å². The fourth-order valence-corrected chi connectivity index (χ4v) is 2.49. The molecule has 4 nitrogen and oxygen atoms in total. The summed E-state index contributed by atoms with van der Waals surface area (Å²) in [6.45, 7) is 0. The Morgan fingerprint density at radius 1 is 1.16 bits per heavy atom. The van der Waals surface area contributed by atoms with Crippen molar-refractivity contribution in [2.75, 3.05) is 11.5 Å². The third-order valence-corrected chi connectivity index (χ3v) is 3.61. The van der Waals surface area contributed by atoms with Gasteiger partial charge >= 0.3 is 25.4 Å². The number of hydrogen-bond acceptors (Lipinski definition) is 5. The molecule has 0 saturated heterocycles. The average Bonchev–Trinajstić information content (AvgIpc) is 2.31. The third-order valence-electron chi connectivity index (χ3n) is 2.47. The van der Waals surface area contributed by atoms with Gasteiger partial charge in [-0.15, -0.1) is 0 Å². The van der Waals surface area contributed by atoms with Gasteiger partial charge in [-0.2, -0.15) is 37.9 Å². The minimum atomic E-state index is -1.05. The van der Waals surface area contributed by atoms with Crippen LogP contribution in [0.3, 0.4) is 0 Å². The quantitative estimate of drug-likeness (QED) is 0.229. The van der Waals surface area contributed by atoms with Gasteiger partial charge in [0.2, 0.25) is 5.91 Å². The number of hydrogen-bond donors (Lipinski definition) is 5. The molecular weight excluding hydrogens is 356 g/mol. The predicted molar refractivity (Wildman–Crippen MR) is 83.1 cm³/mol. The largest absolute Gasteiger partial charge is 2.00 e. The Balaban J connectivity index is 0. The molecule has 0 radical (unpaired) electrons. The van der Waals surface area contributed by atoms with Gasteiger partial charge in [0.25, 0.3) is 0 Å². The molecule has 0 aliphatic heterocycles. The van der Waals surface area contributed by atoms with E-state index in [0.717, 1.165) is 31.4 Å². The van der Waals surface area contributed by atoms with Crippen molar-refractivity contribution in [1.82, 2.24) is 5.32 Å². The smallest absolute Gasteiger partial charge is 0.480 e. The second-order valence-electron chi connectivity index (χ2n) is 4.05. The normalized spacial score (nSPS) is 13.2. The van der Waals surface area contributed by atoms with Gasteiger partial charge < -0.3 is 10.4 Å². The zero-order valence-electron chi connectivity index (χ0n) is 10.9. The van der Waals surface area contributed by atoms with Crippen molar-refractivity contribution in [1.29, 1.82) is 0 Å². The van der Waals surface area contributed by atoms with Crippen LogP contribution >= 0.6 is 37.9 Å². The maximum Gasteiger partial charge on any atom is 2.00 e. The summed E-state index contributed by atoms with van der Waals surface area (Å²) in [5.41, 5.74) is 0. The maximum atomic E-state index is 11.4. The van der Waals surface area contributed by atoms with Crippen LogP contribution in [-0.2, 0) is 29.1 Å². The van der Waals surface area contributed by atoms with Gasteiger partial charge in [-0.25, -0.2) is 4.79 Å². The standard InChI is InChI=1S/C11H21NO3S3.Zn/c13-10(12-9(7-17)11(14)15)4-2-1-3-8(18)5-6-16;/h8-9,16-18H,1-7H2,(H,12,13)(H,14,15);/q;+2/t8?,9-;/m0./s1. The Labute approximate surface area is 143 Å². The van der Waals surface area contributed by atoms with E-state index < -0.39 is 12.0 Å². The van der Waals surface area contributed by atoms with Crippen molar-refractivity contribution in [3.8, 4) is 0 Å². The van der Waals surface area contributed by atoms with Crippen LogP contribution in [0.1, 0.15) is 32.1 Å². The van der Waals surface area contributed by atoms with Crippen molar-refractivity contribution in [3.63, 3.8) is 0 Å². The molecular formula is C11H21NO3S3Zn+2. The molecule has 0 rings (SSSR count). The summed E-state index contributed by atoms with van der Waals surface area (Å²) in [4.78, 5) is 22.1. The van der Waals surface area contributed by atoms with Crippen molar-refractivity contribution in [2.24, 2.45) is 0 Å². The Bertz CT molecular complexity index is 270. The van der Waals surface area contributed by atoms with Gasteiger partial charge in [0, 0.05) is 17.4 Å². The number of thiol groups is 3. The molecule has 1 unspecified atom stereocenters. The van der Waals surface area contributed by atoms with Crippen molar-refractivity contribution < 1.29 is 34.2 Å². The van der Waals surface area contributed by atoms with E-state index in [-0.39, 0.29) is 31.1 Å². The fourth-order valence-electron chi connectivity index (χ4n) is 1.41. The number of unbranched alkanes of at least 4 members (excludes halogenated alkanes) is 1. The number of rotatable bonds is 10. The van der Waals surface area contributed by atoms with Crippen LogP contribution < -0.4 is 5.32 Å². The van der Waals surface area contributed by atoms with Crippen LogP contribution in [0.4, 0.5) is 0 Å². The Kier molecular flexibility index (Phi) is 15.7. The van der Waals surface area contributed by atoms with Gasteiger partial charge in [0.15, 0.2) is 0 Å². The summed E-state index contributed by atoms with van der Waals surface area (Å²) in [6.07, 6.45) is 3.91. The summed E-state index contributed by atoms with van der Waals surface area (Å²) in [6, 6.07) is -0.900. The van der Waals surface area contributed by atoms with Crippen LogP contribution in [0.25, 0.3) is 0 Å². The maximum absolute atomic E-state index is 11.4. The van der Waals surface area contributed by atoms with E-state index >= 15 is 0 Å². The average molecular weight is 377 g/mol. The first kappa shape index (κ1) is 21.9. The van der Waals surface area contributed by atoms with Crippen LogP contribution in [0, 0.1) is 0 Å². The van der Waals surface area contributed by atoms with Gasteiger partial charge in [-0.1, -0.05) is 6.42 Å². The molecule has 19 heavy (non-hydrogen) atoms. The van der Waals surface area contributed by atoms with Gasteiger partial charge in [0.05, 0.1) is 0 Å². The van der Waals surface area contributed by atoms with E-state index in [9.17, 15) is 9.59 Å². The Morgan fingerprint density at radius 3 is 2.26 bits per heavy atom. The molecule has 2 atom stereocenters. The number of carbonyl (C=O) groups excluding carboxylic acids is 1. The molecule has 0 aliphatic rings. The van der Waals surface area contributed by atoms with Crippen LogP contribution in [0.2, 0.25) is 0 Å². The molecule has 0 aromatic heterocycles. The molecule has 0 aromatic rings. The van der Waals surface area contributed by atoms with Crippen molar-refractivity contribution in [2.45, 2.75) is 43.4 Å². The zero-order chi connectivity index (χ0) is 14.0. The third kappa shape index (κ3) is 12.1. The topological polar surface area (TPSA) is 66.4 Å². The van der Waals surface area contributed by atoms with E-state index in [1.165, 1.54) is 0 Å². The first-order valence-electron chi connectivity index (χ1n) is 5.93. The number of aliphatic carboxylic acids is 1. The molecule has 8 heteroatoms. The summed E-state index contributed by atoms with van der Waals surface area (Å²) in [5.74, 6) is -0.373. The van der Waals surface area contributed by atoms with E-state index in [4.69, 9.17) is 5.11 Å². The van der Waals surface area contributed by atoms with Crippen LogP contribution in [0.5, 0.6) is 0 Å². The minimum absolute atomic E-state index is 0. The molecule has 106 valence electrons. The first-order valence-corrected chi connectivity index (χ1v) is 7.71. The molecule has 0 spiro atoms. The molecule has 0 fully saturated rings. The Morgan fingerprint density at radius 2 is 1.79 bits per heavy atom. The monoisotopic (exact) mass is 375 g/mol. The van der Waals surface area contributed by atoms with E-state index in [1.54, 1.807) is 0 Å². The fraction of sp³-hybridized carbons (Fsp3) is 0.818. The van der Waals surface area contributed by atoms with Crippen LogP contribution in [0.15, 0.2) is 0 Å². The summed E-state index contributed by atoms with van der Waals surface area (Å²) < 4.78 is 0. The molecule has 2 N–H and O–H groups in total. The van der Waals surface area contributed by atoms with Gasteiger partial charge in [0.1, 0.15) is 6.04 Å². The van der Waals surface area contributed by atoms with Crippen LogP contribution in [-0.4, -0.2) is 39.8 Å². The summed E-state index contributed by atoms with van der Waals surface area (Å²) in [5, 5.41) is 11.5. The number of carboxylic acids is 1. The second-order valence-corrected chi connectivity index (χ2v) is 5.60. The number of carbonyl (C=O) groups is 2. The molecule has 1 amide bonds.